The first-order valence-electron chi connectivity index (χ1n) is 7.97. The van der Waals surface area contributed by atoms with Crippen LogP contribution in [-0.2, 0) is 20.7 Å². The third-order valence-electron chi connectivity index (χ3n) is 3.83. The first-order chi connectivity index (χ1) is 13.3. The van der Waals surface area contributed by atoms with E-state index >= 15 is 0 Å². The van der Waals surface area contributed by atoms with Gasteiger partial charge in [0, 0.05) is 10.9 Å². The summed E-state index contributed by atoms with van der Waals surface area (Å²) in [7, 11) is 2.45. The maximum atomic E-state index is 12.7. The summed E-state index contributed by atoms with van der Waals surface area (Å²) in [5.41, 5.74) is 0.867. The zero-order chi connectivity index (χ0) is 20.8. The van der Waals surface area contributed by atoms with Crippen LogP contribution < -0.4 is 5.32 Å². The average molecular weight is 489 g/mol. The quantitative estimate of drug-likeness (QED) is 0.620. The van der Waals surface area contributed by atoms with E-state index in [0.717, 1.165) is 10.0 Å². The van der Waals surface area contributed by atoms with E-state index in [2.05, 4.69) is 26.0 Å². The topological polar surface area (TPSA) is 81.7 Å². The maximum absolute atomic E-state index is 12.7. The lowest BCUT2D eigenvalue weighted by molar-refractivity contribution is -0.142. The van der Waals surface area contributed by atoms with E-state index in [1.165, 1.54) is 26.4 Å². The van der Waals surface area contributed by atoms with Gasteiger partial charge in [0.2, 0.25) is 0 Å². The van der Waals surface area contributed by atoms with E-state index in [-0.39, 0.29) is 27.6 Å². The first kappa shape index (κ1) is 22.2. The molecule has 0 aliphatic rings. The van der Waals surface area contributed by atoms with Crippen molar-refractivity contribution in [2.24, 2.45) is 0 Å². The standard InChI is InChI=1S/C19H16BrCl2NO5/c1-27-18(25)11-8-13(21)16(14(22)9-11)17(24)23-15(19(26)28-2)7-10-3-5-12(20)6-4-10/h3-6,8-9,15H,7H2,1-2H3,(H,23,24). The molecule has 0 bridgehead atoms. The van der Waals surface area contributed by atoms with Crippen molar-refractivity contribution in [3.8, 4) is 0 Å². The number of nitrogens with one attached hydrogen (secondary N) is 1. The van der Waals surface area contributed by atoms with Gasteiger partial charge in [-0.05, 0) is 29.8 Å². The molecule has 2 aromatic carbocycles. The number of esters is 2. The molecule has 0 radical (unpaired) electrons. The molecule has 6 nitrogen and oxygen atoms in total. The zero-order valence-electron chi connectivity index (χ0n) is 14.9. The number of rotatable bonds is 6. The van der Waals surface area contributed by atoms with E-state index in [0.29, 0.717) is 0 Å². The molecular formula is C19H16BrCl2NO5. The second kappa shape index (κ2) is 9.91. The van der Waals surface area contributed by atoms with Crippen LogP contribution >= 0.6 is 39.1 Å². The van der Waals surface area contributed by atoms with Gasteiger partial charge in [0.25, 0.3) is 5.91 Å². The number of methoxy groups -OCH3 is 2. The molecule has 28 heavy (non-hydrogen) atoms. The second-order valence-corrected chi connectivity index (χ2v) is 7.42. The lowest BCUT2D eigenvalue weighted by atomic mass is 10.0. The average Bonchev–Trinajstić information content (AvgIpc) is 2.67. The zero-order valence-corrected chi connectivity index (χ0v) is 18.0. The Morgan fingerprint density at radius 1 is 1.04 bits per heavy atom. The van der Waals surface area contributed by atoms with E-state index in [1.807, 2.05) is 24.3 Å². The molecule has 0 aliphatic carbocycles. The Morgan fingerprint density at radius 3 is 2.11 bits per heavy atom. The van der Waals surface area contributed by atoms with Crippen LogP contribution in [0.2, 0.25) is 10.0 Å². The molecule has 2 rings (SSSR count). The van der Waals surface area contributed by atoms with Crippen molar-refractivity contribution in [2.45, 2.75) is 12.5 Å². The number of hydrogen-bond donors (Lipinski definition) is 1. The van der Waals surface area contributed by atoms with Crippen LogP contribution in [0.15, 0.2) is 40.9 Å². The Balaban J connectivity index is 2.27. The molecule has 0 saturated carbocycles. The number of benzene rings is 2. The molecule has 0 aromatic heterocycles. The van der Waals surface area contributed by atoms with Crippen LogP contribution in [0.5, 0.6) is 0 Å². The highest BCUT2D eigenvalue weighted by molar-refractivity contribution is 9.10. The van der Waals surface area contributed by atoms with Crippen LogP contribution in [0, 0.1) is 0 Å². The number of ether oxygens (including phenoxy) is 2. The summed E-state index contributed by atoms with van der Waals surface area (Å²) in [5, 5.41) is 2.49. The molecule has 1 N–H and O–H groups in total. The summed E-state index contributed by atoms with van der Waals surface area (Å²) in [6.45, 7) is 0. The Hall–Kier alpha value is -2.09. The van der Waals surface area contributed by atoms with Crippen molar-refractivity contribution in [1.82, 2.24) is 5.32 Å². The van der Waals surface area contributed by atoms with Gasteiger partial charge in [-0.1, -0.05) is 51.3 Å². The number of hydrogen-bond acceptors (Lipinski definition) is 5. The Labute approximate surface area is 180 Å². The number of carbonyl (C=O) groups excluding carboxylic acids is 3. The molecule has 1 amide bonds. The maximum Gasteiger partial charge on any atom is 0.337 e. The van der Waals surface area contributed by atoms with Gasteiger partial charge < -0.3 is 14.8 Å². The Kier molecular flexibility index (Phi) is 7.86. The van der Waals surface area contributed by atoms with E-state index in [9.17, 15) is 14.4 Å². The first-order valence-corrected chi connectivity index (χ1v) is 9.52. The summed E-state index contributed by atoms with van der Waals surface area (Å²) in [6.07, 6.45) is 0.209. The molecule has 148 valence electrons. The fourth-order valence-electron chi connectivity index (χ4n) is 2.45. The fraction of sp³-hybridized carbons (Fsp3) is 0.211. The third-order valence-corrected chi connectivity index (χ3v) is 4.96. The SMILES string of the molecule is COC(=O)c1cc(Cl)c(C(=O)NC(Cc2ccc(Br)cc2)C(=O)OC)c(Cl)c1. The fourth-order valence-corrected chi connectivity index (χ4v) is 3.37. The predicted molar refractivity (Wildman–Crippen MR) is 109 cm³/mol. The molecule has 1 unspecified atom stereocenters. The molecule has 0 fully saturated rings. The van der Waals surface area contributed by atoms with Gasteiger partial charge in [0.05, 0.1) is 35.4 Å². The van der Waals surface area contributed by atoms with Crippen molar-refractivity contribution in [2.75, 3.05) is 14.2 Å². The van der Waals surface area contributed by atoms with Gasteiger partial charge >= 0.3 is 11.9 Å². The van der Waals surface area contributed by atoms with Crippen LogP contribution in [-0.4, -0.2) is 38.1 Å². The predicted octanol–water partition coefficient (Wildman–Crippen LogP) is 4.06. The summed E-state index contributed by atoms with van der Waals surface area (Å²) in [5.74, 6) is -1.92. The van der Waals surface area contributed by atoms with Gasteiger partial charge in [-0.25, -0.2) is 9.59 Å². The van der Waals surface area contributed by atoms with Crippen molar-refractivity contribution in [3.05, 3.63) is 67.6 Å². The van der Waals surface area contributed by atoms with E-state index < -0.39 is 23.9 Å². The molecule has 9 heteroatoms. The van der Waals surface area contributed by atoms with Gasteiger partial charge in [0.15, 0.2) is 0 Å². The minimum absolute atomic E-state index is 0.0438. The van der Waals surface area contributed by atoms with Crippen molar-refractivity contribution in [3.63, 3.8) is 0 Å². The normalized spacial score (nSPS) is 11.5. The van der Waals surface area contributed by atoms with Crippen LogP contribution in [0.4, 0.5) is 0 Å². The largest absolute Gasteiger partial charge is 0.467 e. The lowest BCUT2D eigenvalue weighted by Crippen LogP contribution is -2.43. The lowest BCUT2D eigenvalue weighted by Gasteiger charge is -2.18. The van der Waals surface area contributed by atoms with Crippen molar-refractivity contribution >= 4 is 57.0 Å². The molecule has 0 spiro atoms. The molecule has 0 heterocycles. The summed E-state index contributed by atoms with van der Waals surface area (Å²) >= 11 is 15.6. The highest BCUT2D eigenvalue weighted by Gasteiger charge is 2.26. The van der Waals surface area contributed by atoms with E-state index in [1.54, 1.807) is 0 Å². The third kappa shape index (κ3) is 5.47. The molecule has 0 aliphatic heterocycles. The summed E-state index contributed by atoms with van der Waals surface area (Å²) < 4.78 is 10.3. The van der Waals surface area contributed by atoms with Crippen LogP contribution in [0.1, 0.15) is 26.3 Å². The molecule has 2 aromatic rings. The molecule has 0 saturated heterocycles. The van der Waals surface area contributed by atoms with E-state index in [4.69, 9.17) is 27.9 Å². The number of carbonyl (C=O) groups is 3. The van der Waals surface area contributed by atoms with Crippen LogP contribution in [0.25, 0.3) is 0 Å². The van der Waals surface area contributed by atoms with Gasteiger partial charge in [-0.2, -0.15) is 0 Å². The minimum Gasteiger partial charge on any atom is -0.467 e. The van der Waals surface area contributed by atoms with Crippen LogP contribution in [0.3, 0.4) is 0 Å². The van der Waals surface area contributed by atoms with Gasteiger partial charge in [-0.3, -0.25) is 4.79 Å². The van der Waals surface area contributed by atoms with Crippen molar-refractivity contribution < 1.29 is 23.9 Å². The number of halogens is 3. The molecular weight excluding hydrogens is 473 g/mol. The van der Waals surface area contributed by atoms with Gasteiger partial charge in [0.1, 0.15) is 6.04 Å². The highest BCUT2D eigenvalue weighted by Crippen LogP contribution is 2.27. The Bertz CT molecular complexity index is 879. The molecule has 1 atom stereocenters. The monoisotopic (exact) mass is 487 g/mol. The van der Waals surface area contributed by atoms with Crippen molar-refractivity contribution in [1.29, 1.82) is 0 Å². The second-order valence-electron chi connectivity index (χ2n) is 5.69. The summed E-state index contributed by atoms with van der Waals surface area (Å²) in [4.78, 5) is 36.5. The smallest absolute Gasteiger partial charge is 0.337 e. The highest BCUT2D eigenvalue weighted by atomic mass is 79.9. The minimum atomic E-state index is -0.953. The Morgan fingerprint density at radius 2 is 1.61 bits per heavy atom. The van der Waals surface area contributed by atoms with Gasteiger partial charge in [-0.15, -0.1) is 0 Å². The summed E-state index contributed by atoms with van der Waals surface area (Å²) in [6, 6.07) is 8.88. The number of amides is 1.